The molecule has 1 rings (SSSR count). The summed E-state index contributed by atoms with van der Waals surface area (Å²) < 4.78 is 23.5. The van der Waals surface area contributed by atoms with Crippen molar-refractivity contribution >= 4 is 17.9 Å². The SMILES string of the molecule is CCCCCCCCC(CCCCCCCC)C(CCCCCCCC)(CCCCCCCC)OC(=O)c1ccc(C(=O)OC(CCCCCCCC)(CCCCCCCC)C(CCCCCCCC)CCCCCCCC)c(C(=O)OC(CCCCCCCC)(CCCCCCCC)C(CCCCCCCC)CCCCCCCC)c1. The number of hydrogen-bond donors (Lipinski definition) is 0. The molecule has 0 saturated heterocycles. The standard InChI is InChI=1S/C111H210O6/c1-13-25-37-49-61-73-85-101(86-74-62-50-38-26-14-2)109(93-79-67-55-43-31-19-7,94-80-68-56-44-32-20-8)115-106(112)100-91-92-104(107(113)116-110(95-81-69-57-45-33-21-9,96-82-70-58-46-34-22-10)102(87-75-63-51-39-27-15-3)88-76-64-52-40-28-16-4)105(99-100)108(114)117-111(97-83-71-59-47-35-23-11,98-84-72-60-48-36-24-12)103(89-77-65-53-41-29-17-5)90-78-66-54-42-30-18-6/h91-92,99,101-103H,13-90,93-98H2,1-12H3. The van der Waals surface area contributed by atoms with E-state index in [4.69, 9.17) is 14.2 Å². The van der Waals surface area contributed by atoms with Crippen molar-refractivity contribution in [1.82, 2.24) is 0 Å². The lowest BCUT2D eigenvalue weighted by molar-refractivity contribution is -0.0736. The monoisotopic (exact) mass is 1640 g/mol. The number of carbonyl (C=O) groups excluding carboxylic acids is 3. The van der Waals surface area contributed by atoms with Crippen molar-refractivity contribution in [2.45, 2.75) is 639 Å². The zero-order valence-electron chi connectivity index (χ0n) is 81.8. The van der Waals surface area contributed by atoms with E-state index in [0.717, 1.165) is 180 Å². The molecule has 1 aromatic carbocycles. The van der Waals surface area contributed by atoms with Gasteiger partial charge in [0.25, 0.3) is 0 Å². The topological polar surface area (TPSA) is 78.9 Å². The van der Waals surface area contributed by atoms with Gasteiger partial charge in [0.15, 0.2) is 0 Å². The second kappa shape index (κ2) is 81.9. The van der Waals surface area contributed by atoms with Crippen LogP contribution in [0, 0.1) is 17.8 Å². The third-order valence-corrected chi connectivity index (χ3v) is 28.0. The molecule has 0 spiro atoms. The second-order valence-corrected chi connectivity index (χ2v) is 38.7. The molecule has 0 aliphatic rings. The average Bonchev–Trinajstić information content (AvgIpc) is 0.780. The molecule has 0 aromatic heterocycles. The molecule has 6 nitrogen and oxygen atoms in total. The highest BCUT2D eigenvalue weighted by molar-refractivity contribution is 6.05. The Morgan fingerprint density at radius 1 is 0.197 bits per heavy atom. The van der Waals surface area contributed by atoms with Crippen LogP contribution in [0.1, 0.15) is 654 Å². The summed E-state index contributed by atoms with van der Waals surface area (Å²) in [5.41, 5.74) is -1.11. The van der Waals surface area contributed by atoms with Crippen LogP contribution in [0.2, 0.25) is 0 Å². The highest BCUT2D eigenvalue weighted by Gasteiger charge is 2.46. The van der Waals surface area contributed by atoms with Crippen LogP contribution in [0.25, 0.3) is 0 Å². The first-order valence-electron chi connectivity index (χ1n) is 54.2. The maximum atomic E-state index is 17.2. The van der Waals surface area contributed by atoms with Crippen molar-refractivity contribution in [2.24, 2.45) is 17.8 Å². The van der Waals surface area contributed by atoms with Crippen molar-refractivity contribution < 1.29 is 28.6 Å². The third-order valence-electron chi connectivity index (χ3n) is 28.0. The Kier molecular flexibility index (Phi) is 78.9. The number of rotatable bonds is 93. The van der Waals surface area contributed by atoms with Crippen LogP contribution in [0.5, 0.6) is 0 Å². The molecule has 0 aliphatic heterocycles. The van der Waals surface area contributed by atoms with Gasteiger partial charge in [0, 0.05) is 0 Å². The van der Waals surface area contributed by atoms with Crippen molar-refractivity contribution in [3.63, 3.8) is 0 Å². The van der Waals surface area contributed by atoms with Crippen molar-refractivity contribution in [1.29, 1.82) is 0 Å². The van der Waals surface area contributed by atoms with Crippen molar-refractivity contribution in [3.05, 3.63) is 34.9 Å². The van der Waals surface area contributed by atoms with Crippen LogP contribution >= 0.6 is 0 Å². The van der Waals surface area contributed by atoms with E-state index in [9.17, 15) is 0 Å². The highest BCUT2D eigenvalue weighted by atomic mass is 16.6. The Labute approximate surface area is 734 Å². The van der Waals surface area contributed by atoms with Crippen LogP contribution in [-0.2, 0) is 14.2 Å². The first kappa shape index (κ1) is 113. The predicted octanol–water partition coefficient (Wildman–Crippen LogP) is 39.2. The predicted molar refractivity (Wildman–Crippen MR) is 517 cm³/mol. The maximum absolute atomic E-state index is 17.2. The van der Waals surface area contributed by atoms with Crippen LogP contribution < -0.4 is 0 Å². The zero-order chi connectivity index (χ0) is 85.3. The molecule has 0 fully saturated rings. The van der Waals surface area contributed by atoms with E-state index < -0.39 is 22.8 Å². The molecule has 0 amide bonds. The molecule has 0 aliphatic carbocycles. The zero-order valence-corrected chi connectivity index (χ0v) is 81.8. The molecular formula is C111H210O6. The van der Waals surface area contributed by atoms with E-state index in [1.165, 1.54) is 360 Å². The van der Waals surface area contributed by atoms with E-state index in [1.54, 1.807) is 0 Å². The van der Waals surface area contributed by atoms with Gasteiger partial charge >= 0.3 is 17.9 Å². The molecule has 0 heterocycles. The number of esters is 3. The van der Waals surface area contributed by atoms with Crippen LogP contribution in [0.15, 0.2) is 18.2 Å². The Hall–Kier alpha value is -2.37. The summed E-state index contributed by atoms with van der Waals surface area (Å²) in [5.74, 6) is -0.442. The molecule has 0 atom stereocenters. The van der Waals surface area contributed by atoms with Crippen LogP contribution in [0.3, 0.4) is 0 Å². The van der Waals surface area contributed by atoms with Crippen molar-refractivity contribution in [2.75, 3.05) is 0 Å². The van der Waals surface area contributed by atoms with Gasteiger partial charge in [0.05, 0.1) is 16.7 Å². The fourth-order valence-corrected chi connectivity index (χ4v) is 20.2. The second-order valence-electron chi connectivity index (χ2n) is 38.7. The van der Waals surface area contributed by atoms with Gasteiger partial charge in [-0.3, -0.25) is 0 Å². The summed E-state index contributed by atoms with van der Waals surface area (Å²) in [6, 6.07) is 5.67. The highest BCUT2D eigenvalue weighted by Crippen LogP contribution is 2.46. The first-order chi connectivity index (χ1) is 57.4. The largest absolute Gasteiger partial charge is 0.455 e. The number of hydrogen-bond acceptors (Lipinski definition) is 6. The van der Waals surface area contributed by atoms with Gasteiger partial charge in [-0.2, -0.15) is 0 Å². The molecule has 0 bridgehead atoms. The molecule has 117 heavy (non-hydrogen) atoms. The Morgan fingerprint density at radius 3 is 0.538 bits per heavy atom. The molecular weight excluding hydrogens is 1430 g/mol. The van der Waals surface area contributed by atoms with E-state index >= 15 is 14.4 Å². The minimum atomic E-state index is -0.723. The lowest BCUT2D eigenvalue weighted by Crippen LogP contribution is -2.44. The Bertz CT molecular complexity index is 2190. The molecule has 0 N–H and O–H groups in total. The lowest BCUT2D eigenvalue weighted by Gasteiger charge is -2.42. The Balaban J connectivity index is 5.10. The van der Waals surface area contributed by atoms with Gasteiger partial charge in [-0.1, -0.05) is 507 Å². The third kappa shape index (κ3) is 57.0. The summed E-state index contributed by atoms with van der Waals surface area (Å²) in [5, 5.41) is 0. The van der Waals surface area contributed by atoms with E-state index in [1.807, 2.05) is 18.2 Å². The summed E-state index contributed by atoms with van der Waals surface area (Å²) in [6.07, 6.45) is 98.9. The Morgan fingerprint density at radius 2 is 0.350 bits per heavy atom. The normalized spacial score (nSPS) is 12.2. The number of benzene rings is 1. The quantitative estimate of drug-likeness (QED) is 0.0367. The fraction of sp³-hybridized carbons (Fsp3) is 0.919. The van der Waals surface area contributed by atoms with E-state index in [0.29, 0.717) is 11.1 Å². The van der Waals surface area contributed by atoms with Crippen LogP contribution in [0.4, 0.5) is 0 Å². The lowest BCUT2D eigenvalue weighted by atomic mass is 9.73. The summed E-state index contributed by atoms with van der Waals surface area (Å²) in [4.78, 5) is 50.8. The smallest absolute Gasteiger partial charge is 0.339 e. The summed E-state index contributed by atoms with van der Waals surface area (Å²) in [7, 11) is 0. The minimum Gasteiger partial charge on any atom is -0.455 e. The first-order valence-corrected chi connectivity index (χ1v) is 54.2. The minimum absolute atomic E-state index is 0.195. The molecule has 0 saturated carbocycles. The maximum Gasteiger partial charge on any atom is 0.339 e. The van der Waals surface area contributed by atoms with E-state index in [-0.39, 0.29) is 35.3 Å². The van der Waals surface area contributed by atoms with Gasteiger partial charge in [-0.05, 0) is 152 Å². The van der Waals surface area contributed by atoms with Crippen molar-refractivity contribution in [3.8, 4) is 0 Å². The van der Waals surface area contributed by atoms with Crippen LogP contribution in [-0.4, -0.2) is 34.7 Å². The summed E-state index contributed by atoms with van der Waals surface area (Å²) in [6.45, 7) is 27.9. The molecule has 1 aromatic rings. The van der Waals surface area contributed by atoms with E-state index in [2.05, 4.69) is 83.1 Å². The molecule has 690 valence electrons. The van der Waals surface area contributed by atoms with Gasteiger partial charge in [-0.25, -0.2) is 14.4 Å². The fourth-order valence-electron chi connectivity index (χ4n) is 20.2. The average molecular weight is 1640 g/mol. The molecule has 6 heteroatoms. The van der Waals surface area contributed by atoms with Gasteiger partial charge in [0.1, 0.15) is 16.8 Å². The number of unbranched alkanes of at least 4 members (excludes halogenated alkanes) is 60. The molecule has 0 radical (unpaired) electrons. The van der Waals surface area contributed by atoms with Gasteiger partial charge in [-0.15, -0.1) is 0 Å². The summed E-state index contributed by atoms with van der Waals surface area (Å²) >= 11 is 0. The van der Waals surface area contributed by atoms with Gasteiger partial charge in [0.2, 0.25) is 0 Å². The van der Waals surface area contributed by atoms with Gasteiger partial charge < -0.3 is 14.2 Å². The molecule has 0 unspecified atom stereocenters. The number of ether oxygens (including phenoxy) is 3. The number of carbonyl (C=O) groups is 3.